The van der Waals surface area contributed by atoms with E-state index in [-0.39, 0.29) is 0 Å². The molecular weight excluding hydrogens is 130 g/mol. The van der Waals surface area contributed by atoms with Gasteiger partial charge in [-0.15, -0.1) is 0 Å². The Hall–Kier alpha value is -0.320. The predicted octanol–water partition coefficient (Wildman–Crippen LogP) is 0.0903. The van der Waals surface area contributed by atoms with E-state index >= 15 is 0 Å². The molecule has 0 saturated heterocycles. The van der Waals surface area contributed by atoms with Crippen LogP contribution in [0.4, 0.5) is 0 Å². The van der Waals surface area contributed by atoms with Gasteiger partial charge in [0, 0.05) is 0 Å². The van der Waals surface area contributed by atoms with Crippen LogP contribution in [0.3, 0.4) is 0 Å². The number of rotatable bonds is 0. The van der Waals surface area contributed by atoms with Crippen LogP contribution in [-0.4, -0.2) is 34.4 Å². The van der Waals surface area contributed by atoms with E-state index in [9.17, 15) is 0 Å². The van der Waals surface area contributed by atoms with Gasteiger partial charge in [0.05, 0.1) is 0 Å². The molecule has 8 heavy (non-hydrogen) atoms. The maximum atomic E-state index is 8.64. The molecule has 0 aromatic heterocycles. The van der Waals surface area contributed by atoms with Crippen molar-refractivity contribution in [3.63, 3.8) is 0 Å². The van der Waals surface area contributed by atoms with Crippen LogP contribution in [0.1, 0.15) is 0 Å². The van der Waals surface area contributed by atoms with Crippen LogP contribution in [0.15, 0.2) is 4.99 Å². The Morgan fingerprint density at radius 2 is 2.50 bits per heavy atom. The first-order chi connectivity index (χ1) is 3.79. The fraction of sp³-hybridized carbons (Fsp3) is 0.667. The highest BCUT2D eigenvalue weighted by molar-refractivity contribution is 6.13. The number of aliphatic imine (C=N–C) groups is 1. The largest absolute Gasteiger partial charge is 0.286 e. The van der Waals surface area contributed by atoms with Crippen molar-refractivity contribution in [2.75, 3.05) is 13.3 Å². The van der Waals surface area contributed by atoms with Gasteiger partial charge in [0.25, 0.3) is 0 Å². The van der Waals surface area contributed by atoms with E-state index in [0.717, 1.165) is 5.06 Å². The molecule has 0 spiro atoms. The lowest BCUT2D eigenvalue weighted by Gasteiger charge is -2.20. The zero-order valence-corrected chi connectivity index (χ0v) is 4.91. The highest BCUT2D eigenvalue weighted by Gasteiger charge is 2.06. The van der Waals surface area contributed by atoms with Gasteiger partial charge in [-0.1, -0.05) is 0 Å². The third-order valence-corrected chi connectivity index (χ3v) is 0.962. The van der Waals surface area contributed by atoms with Crippen LogP contribution in [0.25, 0.3) is 0 Å². The molecule has 1 aliphatic rings. The van der Waals surface area contributed by atoms with Crippen LogP contribution >= 0.6 is 11.8 Å². The quantitative estimate of drug-likeness (QED) is 0.479. The van der Waals surface area contributed by atoms with E-state index in [1.54, 1.807) is 0 Å². The molecule has 0 amide bonds. The van der Waals surface area contributed by atoms with Gasteiger partial charge in [-0.3, -0.25) is 10.2 Å². The number of halogens is 1. The Balaban J connectivity index is 2.42. The second kappa shape index (κ2) is 2.30. The molecule has 4 nitrogen and oxygen atoms in total. The van der Waals surface area contributed by atoms with Gasteiger partial charge in [-0.2, -0.15) is 4.42 Å². The van der Waals surface area contributed by atoms with Gasteiger partial charge < -0.3 is 0 Å². The summed E-state index contributed by atoms with van der Waals surface area (Å²) in [6, 6.07) is 0. The van der Waals surface area contributed by atoms with Gasteiger partial charge in [-0.05, 0) is 11.8 Å². The van der Waals surface area contributed by atoms with Crippen molar-refractivity contribution >= 4 is 18.1 Å². The molecule has 0 aromatic rings. The van der Waals surface area contributed by atoms with Crippen LogP contribution < -0.4 is 0 Å². The topological polar surface area (TPSA) is 39.1 Å². The molecular formula is C3H6ClN3O. The van der Waals surface area contributed by atoms with Crippen molar-refractivity contribution in [3.05, 3.63) is 0 Å². The minimum atomic E-state index is 0.311. The van der Waals surface area contributed by atoms with Crippen molar-refractivity contribution in [2.45, 2.75) is 0 Å². The van der Waals surface area contributed by atoms with Crippen molar-refractivity contribution in [1.82, 2.24) is 9.48 Å². The molecule has 1 heterocycles. The summed E-state index contributed by atoms with van der Waals surface area (Å²) in [4.78, 5) is 3.68. The second-order valence-electron chi connectivity index (χ2n) is 1.48. The SMILES string of the molecule is ON1C=NCN(Cl)C1. The average Bonchev–Trinajstić information content (AvgIpc) is 1.64. The number of hydroxylamine groups is 2. The Bertz CT molecular complexity index is 107. The molecule has 0 atom stereocenters. The van der Waals surface area contributed by atoms with Crippen LogP contribution in [0, 0.1) is 0 Å². The maximum Gasteiger partial charge on any atom is 0.114 e. The Morgan fingerprint density at radius 1 is 1.75 bits per heavy atom. The molecule has 5 heteroatoms. The van der Waals surface area contributed by atoms with Crippen LogP contribution in [0.5, 0.6) is 0 Å². The monoisotopic (exact) mass is 135 g/mol. The van der Waals surface area contributed by atoms with E-state index < -0.39 is 0 Å². The molecule has 0 aromatic carbocycles. The Kier molecular flexibility index (Phi) is 1.67. The summed E-state index contributed by atoms with van der Waals surface area (Å²) in [6.45, 7) is 0.754. The first-order valence-electron chi connectivity index (χ1n) is 2.15. The van der Waals surface area contributed by atoms with E-state index in [1.165, 1.54) is 10.8 Å². The molecule has 46 valence electrons. The van der Waals surface area contributed by atoms with Gasteiger partial charge >= 0.3 is 0 Å². The van der Waals surface area contributed by atoms with Crippen molar-refractivity contribution in [3.8, 4) is 0 Å². The Morgan fingerprint density at radius 3 is 2.88 bits per heavy atom. The molecule has 0 unspecified atom stereocenters. The number of hydrogen-bond donors (Lipinski definition) is 1. The minimum Gasteiger partial charge on any atom is -0.286 e. The van der Waals surface area contributed by atoms with E-state index in [0.29, 0.717) is 13.3 Å². The van der Waals surface area contributed by atoms with Crippen molar-refractivity contribution < 1.29 is 5.21 Å². The van der Waals surface area contributed by atoms with Crippen LogP contribution in [0.2, 0.25) is 0 Å². The lowest BCUT2D eigenvalue weighted by Crippen LogP contribution is -2.33. The first-order valence-corrected chi connectivity index (χ1v) is 2.49. The van der Waals surface area contributed by atoms with Crippen molar-refractivity contribution in [1.29, 1.82) is 0 Å². The number of hydrogen-bond acceptors (Lipinski definition) is 4. The molecule has 0 fully saturated rings. The number of nitrogens with zero attached hydrogens (tertiary/aromatic N) is 3. The normalized spacial score (nSPS) is 22.0. The molecule has 0 bridgehead atoms. The van der Waals surface area contributed by atoms with Gasteiger partial charge in [0.1, 0.15) is 19.7 Å². The fourth-order valence-corrected chi connectivity index (χ4v) is 0.629. The summed E-state index contributed by atoms with van der Waals surface area (Å²) in [5, 5.41) is 9.55. The summed E-state index contributed by atoms with van der Waals surface area (Å²) in [5.41, 5.74) is 0. The molecule has 1 aliphatic heterocycles. The predicted molar refractivity (Wildman–Crippen MR) is 29.5 cm³/mol. The van der Waals surface area contributed by atoms with E-state index in [1.807, 2.05) is 0 Å². The summed E-state index contributed by atoms with van der Waals surface area (Å²) in [5.74, 6) is 0. The smallest absolute Gasteiger partial charge is 0.114 e. The third kappa shape index (κ3) is 1.33. The molecule has 0 aliphatic carbocycles. The summed E-state index contributed by atoms with van der Waals surface area (Å²) in [6.07, 6.45) is 1.33. The summed E-state index contributed by atoms with van der Waals surface area (Å²) >= 11 is 5.43. The lowest BCUT2D eigenvalue weighted by atomic mass is 10.8. The standard InChI is InChI=1S/C3H6ClN3O/c4-6-1-5-2-7(8)3-6/h2,8H,1,3H2. The summed E-state index contributed by atoms with van der Waals surface area (Å²) < 4.78 is 1.36. The molecule has 0 saturated carbocycles. The van der Waals surface area contributed by atoms with E-state index in [4.69, 9.17) is 17.0 Å². The molecule has 1 rings (SSSR count). The molecule has 1 N–H and O–H groups in total. The summed E-state index contributed by atoms with van der Waals surface area (Å²) in [7, 11) is 0. The minimum absolute atomic E-state index is 0.311. The van der Waals surface area contributed by atoms with Gasteiger partial charge in [0.15, 0.2) is 0 Å². The van der Waals surface area contributed by atoms with E-state index in [2.05, 4.69) is 4.99 Å². The Labute approximate surface area is 52.0 Å². The average molecular weight is 136 g/mol. The van der Waals surface area contributed by atoms with Gasteiger partial charge in [-0.25, -0.2) is 5.06 Å². The highest BCUT2D eigenvalue weighted by atomic mass is 35.5. The van der Waals surface area contributed by atoms with Gasteiger partial charge in [0.2, 0.25) is 0 Å². The van der Waals surface area contributed by atoms with Crippen LogP contribution in [-0.2, 0) is 0 Å². The second-order valence-corrected chi connectivity index (χ2v) is 1.96. The third-order valence-electron chi connectivity index (χ3n) is 0.748. The highest BCUT2D eigenvalue weighted by Crippen LogP contribution is 1.98. The molecule has 0 radical (unpaired) electrons. The first kappa shape index (κ1) is 5.81. The van der Waals surface area contributed by atoms with Crippen molar-refractivity contribution in [2.24, 2.45) is 4.99 Å². The fourth-order valence-electron chi connectivity index (χ4n) is 0.458. The zero-order valence-electron chi connectivity index (χ0n) is 4.16. The zero-order chi connectivity index (χ0) is 5.98. The lowest BCUT2D eigenvalue weighted by molar-refractivity contribution is -0.0401. The maximum absolute atomic E-state index is 8.64.